The third-order valence-electron chi connectivity index (χ3n) is 4.91. The van der Waals surface area contributed by atoms with E-state index in [1.54, 1.807) is 55.5 Å². The van der Waals surface area contributed by atoms with Crippen LogP contribution in [0.3, 0.4) is 0 Å². The minimum atomic E-state index is -1.27. The first-order valence-corrected chi connectivity index (χ1v) is 10.6. The van der Waals surface area contributed by atoms with Gasteiger partial charge in [0.05, 0.1) is 18.3 Å². The molecule has 0 saturated heterocycles. The highest BCUT2D eigenvalue weighted by Crippen LogP contribution is 2.23. The Morgan fingerprint density at radius 1 is 1.11 bits per heavy atom. The molecule has 2 heterocycles. The van der Waals surface area contributed by atoms with Gasteiger partial charge in [0.1, 0.15) is 5.75 Å². The second kappa shape index (κ2) is 9.73. The molecule has 0 radical (unpaired) electrons. The standard InChI is InChI=1S/C22H19ClN6O6/c1-2-27-21(32)28(12-13-3-5-14(23)6-4-13)20(29(24)22(27)33)25-15-7-9-16(10-8-15)34-18-11-17(19(30)31)35-26-18/h3-11H,2,12,24H2,1H3,(H,30,31). The summed E-state index contributed by atoms with van der Waals surface area (Å²) in [6.45, 7) is 1.90. The number of carboxylic acid groups (broad SMARTS) is 1. The summed E-state index contributed by atoms with van der Waals surface area (Å²) in [6, 6.07) is 14.3. The highest BCUT2D eigenvalue weighted by molar-refractivity contribution is 6.30. The predicted molar refractivity (Wildman–Crippen MR) is 125 cm³/mol. The molecule has 0 aliphatic heterocycles. The van der Waals surface area contributed by atoms with Crippen LogP contribution in [0.4, 0.5) is 5.69 Å². The molecule has 35 heavy (non-hydrogen) atoms. The van der Waals surface area contributed by atoms with Gasteiger partial charge in [-0.2, -0.15) is 4.68 Å². The Bertz CT molecular complexity index is 1560. The van der Waals surface area contributed by atoms with Crippen LogP contribution in [0.2, 0.25) is 5.02 Å². The minimum absolute atomic E-state index is 0.0353. The predicted octanol–water partition coefficient (Wildman–Crippen LogP) is 1.96. The molecular formula is C22H19ClN6O6. The average molecular weight is 499 g/mol. The Kier molecular flexibility index (Phi) is 6.55. The first kappa shape index (κ1) is 23.6. The van der Waals surface area contributed by atoms with Crippen LogP contribution in [-0.2, 0) is 13.1 Å². The van der Waals surface area contributed by atoms with E-state index in [4.69, 9.17) is 27.3 Å². The lowest BCUT2D eigenvalue weighted by molar-refractivity contribution is 0.0652. The van der Waals surface area contributed by atoms with E-state index in [1.807, 2.05) is 0 Å². The fourth-order valence-corrected chi connectivity index (χ4v) is 3.31. The summed E-state index contributed by atoms with van der Waals surface area (Å²) in [7, 11) is 0. The third kappa shape index (κ3) is 5.01. The van der Waals surface area contributed by atoms with E-state index in [0.717, 1.165) is 20.9 Å². The Morgan fingerprint density at radius 2 is 1.80 bits per heavy atom. The molecule has 0 atom stereocenters. The van der Waals surface area contributed by atoms with Crippen LogP contribution >= 0.6 is 11.6 Å². The monoisotopic (exact) mass is 498 g/mol. The zero-order valence-electron chi connectivity index (χ0n) is 18.3. The van der Waals surface area contributed by atoms with E-state index in [2.05, 4.69) is 14.7 Å². The first-order chi connectivity index (χ1) is 16.8. The molecule has 3 N–H and O–H groups in total. The molecular weight excluding hydrogens is 480 g/mol. The van der Waals surface area contributed by atoms with Crippen LogP contribution in [0.5, 0.6) is 11.6 Å². The molecule has 12 nitrogen and oxygen atoms in total. The second-order valence-corrected chi connectivity index (χ2v) is 7.67. The number of aromatic nitrogens is 4. The number of hydrogen-bond acceptors (Lipinski definition) is 8. The van der Waals surface area contributed by atoms with Gasteiger partial charge in [-0.25, -0.2) is 23.9 Å². The van der Waals surface area contributed by atoms with Crippen LogP contribution in [0.1, 0.15) is 23.0 Å². The number of carbonyl (C=O) groups is 1. The fraction of sp³-hybridized carbons (Fsp3) is 0.136. The van der Waals surface area contributed by atoms with Gasteiger partial charge in [-0.05, 0) is 54.0 Å². The number of benzene rings is 2. The van der Waals surface area contributed by atoms with Crippen molar-refractivity contribution in [1.29, 1.82) is 0 Å². The summed E-state index contributed by atoms with van der Waals surface area (Å²) in [5.41, 5.74) is -0.194. The fourth-order valence-electron chi connectivity index (χ4n) is 3.19. The lowest BCUT2D eigenvalue weighted by atomic mass is 10.2. The molecule has 0 fully saturated rings. The number of rotatable bonds is 7. The molecule has 0 spiro atoms. The molecule has 0 amide bonds. The summed E-state index contributed by atoms with van der Waals surface area (Å²) in [6.07, 6.45) is 0. The van der Waals surface area contributed by atoms with Crippen LogP contribution in [-0.4, -0.2) is 30.0 Å². The maximum atomic E-state index is 13.1. The maximum Gasteiger partial charge on any atom is 0.374 e. The summed E-state index contributed by atoms with van der Waals surface area (Å²) in [4.78, 5) is 41.0. The molecule has 0 unspecified atom stereocenters. The molecule has 0 bridgehead atoms. The first-order valence-electron chi connectivity index (χ1n) is 10.3. The number of aromatic carboxylic acids is 1. The highest BCUT2D eigenvalue weighted by atomic mass is 35.5. The van der Waals surface area contributed by atoms with Crippen molar-refractivity contribution in [2.45, 2.75) is 20.0 Å². The molecule has 0 saturated carbocycles. The third-order valence-corrected chi connectivity index (χ3v) is 5.17. The Balaban J connectivity index is 1.73. The van der Waals surface area contributed by atoms with E-state index < -0.39 is 17.3 Å². The SMILES string of the molecule is CCn1c(=O)n(N)c(=Nc2ccc(Oc3cc(C(=O)O)on3)cc2)n(Cc2ccc(Cl)cc2)c1=O. The quantitative estimate of drug-likeness (QED) is 0.365. The van der Waals surface area contributed by atoms with Crippen LogP contribution in [0, 0.1) is 0 Å². The number of hydrogen-bond donors (Lipinski definition) is 2. The number of halogens is 1. The normalized spacial score (nSPS) is 11.5. The Morgan fingerprint density at radius 3 is 2.40 bits per heavy atom. The number of nitrogens with zero attached hydrogens (tertiary/aromatic N) is 5. The van der Waals surface area contributed by atoms with Crippen LogP contribution in [0.25, 0.3) is 0 Å². The smallest absolute Gasteiger partial charge is 0.374 e. The summed E-state index contributed by atoms with van der Waals surface area (Å²) in [5, 5.41) is 13.0. The van der Waals surface area contributed by atoms with E-state index in [0.29, 0.717) is 16.5 Å². The summed E-state index contributed by atoms with van der Waals surface area (Å²) >= 11 is 5.96. The van der Waals surface area contributed by atoms with E-state index in [-0.39, 0.29) is 30.3 Å². The summed E-state index contributed by atoms with van der Waals surface area (Å²) < 4.78 is 13.2. The van der Waals surface area contributed by atoms with Crippen molar-refractivity contribution in [1.82, 2.24) is 19.0 Å². The Hall–Kier alpha value is -4.58. The van der Waals surface area contributed by atoms with Crippen molar-refractivity contribution in [3.8, 4) is 11.6 Å². The van der Waals surface area contributed by atoms with Gasteiger partial charge in [0, 0.05) is 11.6 Å². The minimum Gasteiger partial charge on any atom is -0.475 e. The van der Waals surface area contributed by atoms with Crippen LogP contribution < -0.4 is 27.6 Å². The van der Waals surface area contributed by atoms with Gasteiger partial charge < -0.3 is 20.2 Å². The van der Waals surface area contributed by atoms with Gasteiger partial charge >= 0.3 is 17.3 Å². The number of nitrogens with two attached hydrogens (primary N) is 1. The van der Waals surface area contributed by atoms with Crippen molar-refractivity contribution in [3.63, 3.8) is 0 Å². The molecule has 4 aromatic rings. The zero-order chi connectivity index (χ0) is 25.1. The van der Waals surface area contributed by atoms with Gasteiger partial charge in [0.25, 0.3) is 5.88 Å². The highest BCUT2D eigenvalue weighted by Gasteiger charge is 2.14. The van der Waals surface area contributed by atoms with Gasteiger partial charge in [-0.1, -0.05) is 23.7 Å². The second-order valence-electron chi connectivity index (χ2n) is 7.23. The molecule has 2 aromatic carbocycles. The Labute approximate surface area is 201 Å². The molecule has 13 heteroatoms. The van der Waals surface area contributed by atoms with Crippen molar-refractivity contribution in [3.05, 3.63) is 97.5 Å². The number of nitrogen functional groups attached to an aromatic ring is 1. The van der Waals surface area contributed by atoms with E-state index in [9.17, 15) is 14.4 Å². The van der Waals surface area contributed by atoms with Crippen molar-refractivity contribution < 1.29 is 19.2 Å². The van der Waals surface area contributed by atoms with E-state index in [1.165, 1.54) is 4.57 Å². The topological polar surface area (TPSA) is 160 Å². The number of ether oxygens (including phenoxy) is 1. The van der Waals surface area contributed by atoms with Crippen LogP contribution in [0.15, 0.2) is 73.7 Å². The molecule has 0 aliphatic carbocycles. The van der Waals surface area contributed by atoms with E-state index >= 15 is 0 Å². The zero-order valence-corrected chi connectivity index (χ0v) is 19.0. The molecule has 0 aliphatic rings. The average Bonchev–Trinajstić information content (AvgIpc) is 3.31. The van der Waals surface area contributed by atoms with Crippen molar-refractivity contribution in [2.75, 3.05) is 5.84 Å². The van der Waals surface area contributed by atoms with Crippen molar-refractivity contribution >= 4 is 23.3 Å². The summed E-state index contributed by atoms with van der Waals surface area (Å²) in [5.74, 6) is 4.69. The maximum absolute atomic E-state index is 13.1. The largest absolute Gasteiger partial charge is 0.475 e. The van der Waals surface area contributed by atoms with Gasteiger partial charge in [-0.15, -0.1) is 0 Å². The van der Waals surface area contributed by atoms with Gasteiger partial charge in [-0.3, -0.25) is 4.57 Å². The van der Waals surface area contributed by atoms with Gasteiger partial charge in [0.2, 0.25) is 11.4 Å². The molecule has 180 valence electrons. The lowest BCUT2D eigenvalue weighted by Crippen LogP contribution is -2.57. The lowest BCUT2D eigenvalue weighted by Gasteiger charge is -2.13. The van der Waals surface area contributed by atoms with Crippen molar-refractivity contribution in [2.24, 2.45) is 4.99 Å². The number of carboxylic acids is 1. The van der Waals surface area contributed by atoms with Gasteiger partial charge in [0.15, 0.2) is 0 Å². The molecule has 4 rings (SSSR count). The molecule has 2 aromatic heterocycles.